The standard InChI is InChI=1S/C23H26ClN3O3S2/c1-15-3-5-19(13-16(15)2)32(29,30)25-10-7-22(28)27-11-8-17(9-12-27)23-26-20-14-18(24)4-6-21(20)31-23/h3-6,13-14,17,25H,7-12H2,1-2H3. The molecule has 0 radical (unpaired) electrons. The summed E-state index contributed by atoms with van der Waals surface area (Å²) < 4.78 is 28.7. The molecule has 9 heteroatoms. The number of carbonyl (C=O) groups excluding carboxylic acids is 1. The van der Waals surface area contributed by atoms with Gasteiger partial charge in [0.2, 0.25) is 15.9 Å². The van der Waals surface area contributed by atoms with Gasteiger partial charge in [-0.05, 0) is 68.1 Å². The molecule has 1 amide bonds. The molecule has 3 aromatic rings. The number of thiazole rings is 1. The van der Waals surface area contributed by atoms with Crippen molar-refractivity contribution in [3.8, 4) is 0 Å². The van der Waals surface area contributed by atoms with Crippen molar-refractivity contribution < 1.29 is 13.2 Å². The molecule has 1 aliphatic rings. The van der Waals surface area contributed by atoms with Gasteiger partial charge in [0, 0.05) is 37.0 Å². The predicted octanol–water partition coefficient (Wildman–Crippen LogP) is 4.64. The summed E-state index contributed by atoms with van der Waals surface area (Å²) in [7, 11) is -3.62. The van der Waals surface area contributed by atoms with Gasteiger partial charge < -0.3 is 4.90 Å². The lowest BCUT2D eigenvalue weighted by Gasteiger charge is -2.31. The van der Waals surface area contributed by atoms with Gasteiger partial charge in [-0.15, -0.1) is 11.3 Å². The number of likely N-dealkylation sites (tertiary alicyclic amines) is 1. The Morgan fingerprint density at radius 2 is 1.91 bits per heavy atom. The molecule has 2 aromatic carbocycles. The minimum Gasteiger partial charge on any atom is -0.343 e. The summed E-state index contributed by atoms with van der Waals surface area (Å²) >= 11 is 7.75. The molecule has 170 valence electrons. The molecule has 1 saturated heterocycles. The van der Waals surface area contributed by atoms with E-state index >= 15 is 0 Å². The van der Waals surface area contributed by atoms with Crippen LogP contribution in [0.4, 0.5) is 0 Å². The summed E-state index contributed by atoms with van der Waals surface area (Å²) in [6.07, 6.45) is 1.86. The average Bonchev–Trinajstić information content (AvgIpc) is 3.18. The fourth-order valence-electron chi connectivity index (χ4n) is 3.88. The number of benzene rings is 2. The largest absolute Gasteiger partial charge is 0.343 e. The van der Waals surface area contributed by atoms with Gasteiger partial charge in [0.15, 0.2) is 0 Å². The molecule has 4 rings (SSSR count). The van der Waals surface area contributed by atoms with Gasteiger partial charge in [0.05, 0.1) is 20.1 Å². The second-order valence-corrected chi connectivity index (χ2v) is 11.5. The Morgan fingerprint density at radius 3 is 2.62 bits per heavy atom. The number of amides is 1. The number of nitrogens with zero attached hydrogens (tertiary/aromatic N) is 2. The number of nitrogens with one attached hydrogen (secondary N) is 1. The van der Waals surface area contributed by atoms with E-state index in [0.29, 0.717) is 24.0 Å². The lowest BCUT2D eigenvalue weighted by atomic mass is 9.97. The molecule has 0 aliphatic carbocycles. The number of piperidine rings is 1. The fourth-order valence-corrected chi connectivity index (χ4v) is 6.28. The number of rotatable bonds is 6. The molecule has 1 fully saturated rings. The normalized spacial score (nSPS) is 15.4. The summed E-state index contributed by atoms with van der Waals surface area (Å²) in [5.41, 5.74) is 2.88. The molecular weight excluding hydrogens is 466 g/mol. The van der Waals surface area contributed by atoms with Crippen LogP contribution >= 0.6 is 22.9 Å². The topological polar surface area (TPSA) is 79.4 Å². The quantitative estimate of drug-likeness (QED) is 0.544. The number of hydrogen-bond acceptors (Lipinski definition) is 5. The Kier molecular flexibility index (Phi) is 6.86. The van der Waals surface area contributed by atoms with Crippen molar-refractivity contribution in [2.45, 2.75) is 43.9 Å². The summed E-state index contributed by atoms with van der Waals surface area (Å²) in [6.45, 7) is 5.22. The van der Waals surface area contributed by atoms with Crippen LogP contribution in [0, 0.1) is 13.8 Å². The number of halogens is 1. The summed E-state index contributed by atoms with van der Waals surface area (Å²) in [5, 5.41) is 1.78. The van der Waals surface area contributed by atoms with E-state index in [9.17, 15) is 13.2 Å². The van der Waals surface area contributed by atoms with Gasteiger partial charge in [-0.1, -0.05) is 17.7 Å². The number of aromatic nitrogens is 1. The third-order valence-electron chi connectivity index (χ3n) is 5.98. The molecule has 6 nitrogen and oxygen atoms in total. The molecular formula is C23H26ClN3O3S2. The van der Waals surface area contributed by atoms with Gasteiger partial charge in [-0.2, -0.15) is 0 Å². The molecule has 0 bridgehead atoms. The van der Waals surface area contributed by atoms with Gasteiger partial charge in [-0.3, -0.25) is 4.79 Å². The van der Waals surface area contributed by atoms with Crippen molar-refractivity contribution in [3.05, 3.63) is 57.6 Å². The zero-order valence-corrected chi connectivity index (χ0v) is 20.5. The monoisotopic (exact) mass is 491 g/mol. The van der Waals surface area contributed by atoms with Crippen molar-refractivity contribution in [1.29, 1.82) is 0 Å². The second-order valence-electron chi connectivity index (χ2n) is 8.21. The first kappa shape index (κ1) is 23.2. The fraction of sp³-hybridized carbons (Fsp3) is 0.391. The van der Waals surface area contributed by atoms with Crippen LogP contribution in [0.5, 0.6) is 0 Å². The minimum absolute atomic E-state index is 0.0256. The Labute approximate surface area is 197 Å². The smallest absolute Gasteiger partial charge is 0.240 e. The van der Waals surface area contributed by atoms with Crippen LogP contribution < -0.4 is 4.72 Å². The van der Waals surface area contributed by atoms with Crippen molar-refractivity contribution in [2.75, 3.05) is 19.6 Å². The van der Waals surface area contributed by atoms with Crippen LogP contribution in [0.25, 0.3) is 10.2 Å². The number of sulfonamides is 1. The Hall–Kier alpha value is -2.00. The number of carbonyl (C=O) groups is 1. The van der Waals surface area contributed by atoms with E-state index in [-0.39, 0.29) is 23.8 Å². The van der Waals surface area contributed by atoms with Crippen molar-refractivity contribution >= 4 is 49.1 Å². The zero-order chi connectivity index (χ0) is 22.9. The minimum atomic E-state index is -3.62. The number of aryl methyl sites for hydroxylation is 2. The second kappa shape index (κ2) is 9.47. The molecule has 0 atom stereocenters. The van der Waals surface area contributed by atoms with E-state index in [2.05, 4.69) is 4.72 Å². The molecule has 0 unspecified atom stereocenters. The van der Waals surface area contributed by atoms with E-state index in [4.69, 9.17) is 16.6 Å². The highest BCUT2D eigenvalue weighted by Crippen LogP contribution is 2.34. The van der Waals surface area contributed by atoms with Gasteiger partial charge in [-0.25, -0.2) is 18.1 Å². The highest BCUT2D eigenvalue weighted by Gasteiger charge is 2.26. The highest BCUT2D eigenvalue weighted by molar-refractivity contribution is 7.89. The molecule has 1 N–H and O–H groups in total. The lowest BCUT2D eigenvalue weighted by molar-refractivity contribution is -0.132. The molecule has 1 aliphatic heterocycles. The van der Waals surface area contributed by atoms with Crippen LogP contribution in [0.1, 0.15) is 41.3 Å². The van der Waals surface area contributed by atoms with Crippen LogP contribution in [0.3, 0.4) is 0 Å². The molecule has 32 heavy (non-hydrogen) atoms. The summed E-state index contributed by atoms with van der Waals surface area (Å²) in [6, 6.07) is 10.8. The Bertz CT molecular complexity index is 1250. The molecule has 0 saturated carbocycles. The Morgan fingerprint density at radius 1 is 1.16 bits per heavy atom. The molecule has 0 spiro atoms. The van der Waals surface area contributed by atoms with Crippen molar-refractivity contribution in [3.63, 3.8) is 0 Å². The van der Waals surface area contributed by atoms with Crippen molar-refractivity contribution in [1.82, 2.24) is 14.6 Å². The maximum Gasteiger partial charge on any atom is 0.240 e. The van der Waals surface area contributed by atoms with E-state index in [0.717, 1.165) is 39.2 Å². The predicted molar refractivity (Wildman–Crippen MR) is 129 cm³/mol. The van der Waals surface area contributed by atoms with Crippen LogP contribution in [-0.4, -0.2) is 43.8 Å². The highest BCUT2D eigenvalue weighted by atomic mass is 35.5. The Balaban J connectivity index is 1.28. The maximum atomic E-state index is 12.6. The lowest BCUT2D eigenvalue weighted by Crippen LogP contribution is -2.39. The van der Waals surface area contributed by atoms with E-state index in [1.807, 2.05) is 36.9 Å². The number of hydrogen-bond donors (Lipinski definition) is 1. The first-order valence-electron chi connectivity index (χ1n) is 10.6. The van der Waals surface area contributed by atoms with E-state index in [1.165, 1.54) is 0 Å². The first-order chi connectivity index (χ1) is 15.2. The van der Waals surface area contributed by atoms with Crippen LogP contribution in [-0.2, 0) is 14.8 Å². The first-order valence-corrected chi connectivity index (χ1v) is 13.3. The van der Waals surface area contributed by atoms with E-state index < -0.39 is 10.0 Å². The zero-order valence-electron chi connectivity index (χ0n) is 18.1. The maximum absolute atomic E-state index is 12.6. The van der Waals surface area contributed by atoms with Crippen LogP contribution in [0.15, 0.2) is 41.3 Å². The van der Waals surface area contributed by atoms with Crippen molar-refractivity contribution in [2.24, 2.45) is 0 Å². The number of fused-ring (bicyclic) bond motifs is 1. The third-order valence-corrected chi connectivity index (χ3v) is 8.88. The third kappa shape index (κ3) is 5.14. The van der Waals surface area contributed by atoms with E-state index in [1.54, 1.807) is 29.5 Å². The summed E-state index contributed by atoms with van der Waals surface area (Å²) in [4.78, 5) is 19.4. The van der Waals surface area contributed by atoms with Crippen LogP contribution in [0.2, 0.25) is 5.02 Å². The van der Waals surface area contributed by atoms with Gasteiger partial charge in [0.1, 0.15) is 0 Å². The molecule has 2 heterocycles. The summed E-state index contributed by atoms with van der Waals surface area (Å²) in [5.74, 6) is 0.306. The SMILES string of the molecule is Cc1ccc(S(=O)(=O)NCCC(=O)N2CCC(c3nc4cc(Cl)ccc4s3)CC2)cc1C. The average molecular weight is 492 g/mol. The van der Waals surface area contributed by atoms with Gasteiger partial charge >= 0.3 is 0 Å². The van der Waals surface area contributed by atoms with Gasteiger partial charge in [0.25, 0.3) is 0 Å². The molecule has 1 aromatic heterocycles.